The molecular weight excluding hydrogens is 425 g/mol. The van der Waals surface area contributed by atoms with Crippen molar-refractivity contribution in [1.82, 2.24) is 4.90 Å². The van der Waals surface area contributed by atoms with Crippen LogP contribution in [0, 0.1) is 17.7 Å². The molecule has 33 heavy (non-hydrogen) atoms. The molecule has 2 fully saturated rings. The number of aliphatic carboxylic acids is 1. The number of rotatable bonds is 5. The SMILES string of the molecule is O=C(Nc1ccccc1C(=O)N1CCN(c2ccc(F)cc2)CC1)[C@H]1CCCC[C@H]1C(=O)[O-]. The van der Waals surface area contributed by atoms with Crippen LogP contribution in [0.15, 0.2) is 48.5 Å². The zero-order valence-electron chi connectivity index (χ0n) is 18.3. The summed E-state index contributed by atoms with van der Waals surface area (Å²) < 4.78 is 13.2. The van der Waals surface area contributed by atoms with Gasteiger partial charge in [-0.25, -0.2) is 4.39 Å². The van der Waals surface area contributed by atoms with Crippen molar-refractivity contribution in [3.63, 3.8) is 0 Å². The molecule has 1 aliphatic heterocycles. The number of benzene rings is 2. The number of halogens is 1. The van der Waals surface area contributed by atoms with E-state index in [1.807, 2.05) is 0 Å². The number of carbonyl (C=O) groups is 3. The summed E-state index contributed by atoms with van der Waals surface area (Å²) in [7, 11) is 0. The lowest BCUT2D eigenvalue weighted by atomic mass is 9.78. The first-order chi connectivity index (χ1) is 15.9. The fourth-order valence-electron chi connectivity index (χ4n) is 4.72. The average Bonchev–Trinajstić information content (AvgIpc) is 2.84. The molecule has 0 bridgehead atoms. The molecule has 2 aliphatic rings. The topological polar surface area (TPSA) is 92.8 Å². The Morgan fingerprint density at radius 3 is 2.18 bits per heavy atom. The van der Waals surface area contributed by atoms with E-state index in [0.717, 1.165) is 18.5 Å². The van der Waals surface area contributed by atoms with Gasteiger partial charge in [0.2, 0.25) is 5.91 Å². The van der Waals surface area contributed by atoms with Crippen molar-refractivity contribution in [1.29, 1.82) is 0 Å². The standard InChI is InChI=1S/C25H28FN3O4/c26-17-9-11-18(12-10-17)28-13-15-29(16-14-28)24(31)21-7-3-4-8-22(21)27-23(30)19-5-1-2-6-20(19)25(32)33/h3-4,7-12,19-20H,1-2,5-6,13-16H2,(H,27,30)(H,32,33)/p-1/t19-,20+/m0/s1. The van der Waals surface area contributed by atoms with Crippen molar-refractivity contribution in [2.75, 3.05) is 36.4 Å². The van der Waals surface area contributed by atoms with Crippen LogP contribution in [0.1, 0.15) is 36.0 Å². The first kappa shape index (κ1) is 22.8. The van der Waals surface area contributed by atoms with Crippen LogP contribution in [0.4, 0.5) is 15.8 Å². The van der Waals surface area contributed by atoms with Crippen molar-refractivity contribution in [2.45, 2.75) is 25.7 Å². The summed E-state index contributed by atoms with van der Waals surface area (Å²) in [6, 6.07) is 13.1. The van der Waals surface area contributed by atoms with E-state index in [4.69, 9.17) is 0 Å². The molecule has 2 aromatic rings. The molecule has 174 valence electrons. The predicted molar refractivity (Wildman–Crippen MR) is 120 cm³/mol. The van der Waals surface area contributed by atoms with E-state index in [2.05, 4.69) is 10.2 Å². The Hall–Kier alpha value is -3.42. The summed E-state index contributed by atoms with van der Waals surface area (Å²) in [4.78, 5) is 41.4. The number of nitrogens with zero attached hydrogens (tertiary/aromatic N) is 2. The molecule has 7 nitrogen and oxygen atoms in total. The van der Waals surface area contributed by atoms with Crippen molar-refractivity contribution in [3.05, 3.63) is 59.9 Å². The van der Waals surface area contributed by atoms with Gasteiger partial charge in [-0.1, -0.05) is 25.0 Å². The number of carbonyl (C=O) groups excluding carboxylic acids is 3. The third-order valence-electron chi connectivity index (χ3n) is 6.58. The smallest absolute Gasteiger partial charge is 0.256 e. The minimum Gasteiger partial charge on any atom is -0.550 e. The van der Waals surface area contributed by atoms with Crippen LogP contribution >= 0.6 is 0 Å². The fraction of sp³-hybridized carbons (Fsp3) is 0.400. The number of carboxylic acids is 1. The number of para-hydroxylation sites is 1. The van der Waals surface area contributed by atoms with Gasteiger partial charge in [-0.3, -0.25) is 9.59 Å². The summed E-state index contributed by atoms with van der Waals surface area (Å²) in [6.45, 7) is 2.21. The van der Waals surface area contributed by atoms with Gasteiger partial charge in [0, 0.05) is 49.7 Å². The summed E-state index contributed by atoms with van der Waals surface area (Å²) in [5.41, 5.74) is 1.67. The molecule has 4 rings (SSSR count). The third-order valence-corrected chi connectivity index (χ3v) is 6.58. The molecule has 2 amide bonds. The maximum absolute atomic E-state index is 13.2. The molecular formula is C25H27FN3O4-. The number of hydrogen-bond acceptors (Lipinski definition) is 5. The van der Waals surface area contributed by atoms with Crippen LogP contribution in [-0.4, -0.2) is 48.9 Å². The number of anilines is 2. The zero-order chi connectivity index (χ0) is 23.4. The summed E-state index contributed by atoms with van der Waals surface area (Å²) in [5, 5.41) is 14.3. The maximum atomic E-state index is 13.2. The summed E-state index contributed by atoms with van der Waals surface area (Å²) in [6.07, 6.45) is 2.48. The summed E-state index contributed by atoms with van der Waals surface area (Å²) >= 11 is 0. The second-order valence-electron chi connectivity index (χ2n) is 8.61. The Morgan fingerprint density at radius 2 is 1.52 bits per heavy atom. The molecule has 2 aromatic carbocycles. The van der Waals surface area contributed by atoms with Gasteiger partial charge in [0.15, 0.2) is 0 Å². The Kier molecular flexibility index (Phi) is 6.91. The lowest BCUT2D eigenvalue weighted by Gasteiger charge is -2.36. The van der Waals surface area contributed by atoms with Gasteiger partial charge < -0.3 is 25.0 Å². The minimum atomic E-state index is -1.20. The van der Waals surface area contributed by atoms with Gasteiger partial charge in [-0.15, -0.1) is 0 Å². The van der Waals surface area contributed by atoms with E-state index in [-0.39, 0.29) is 17.6 Å². The third kappa shape index (κ3) is 5.16. The van der Waals surface area contributed by atoms with E-state index in [0.29, 0.717) is 50.3 Å². The molecule has 0 unspecified atom stereocenters. The lowest BCUT2D eigenvalue weighted by Crippen LogP contribution is -2.49. The minimum absolute atomic E-state index is 0.190. The molecule has 8 heteroatoms. The highest BCUT2D eigenvalue weighted by Gasteiger charge is 2.32. The highest BCUT2D eigenvalue weighted by Crippen LogP contribution is 2.31. The van der Waals surface area contributed by atoms with Crippen molar-refractivity contribution >= 4 is 29.2 Å². The highest BCUT2D eigenvalue weighted by molar-refractivity contribution is 6.04. The zero-order valence-corrected chi connectivity index (χ0v) is 18.3. The van der Waals surface area contributed by atoms with Crippen LogP contribution in [0.2, 0.25) is 0 Å². The van der Waals surface area contributed by atoms with E-state index < -0.39 is 17.8 Å². The highest BCUT2D eigenvalue weighted by atomic mass is 19.1. The van der Waals surface area contributed by atoms with Crippen molar-refractivity contribution in [3.8, 4) is 0 Å². The molecule has 0 radical (unpaired) electrons. The molecule has 1 saturated carbocycles. The molecule has 1 N–H and O–H groups in total. The first-order valence-corrected chi connectivity index (χ1v) is 11.3. The van der Waals surface area contributed by atoms with Gasteiger partial charge in [-0.2, -0.15) is 0 Å². The van der Waals surface area contributed by atoms with Gasteiger partial charge >= 0.3 is 0 Å². The molecule has 1 heterocycles. The van der Waals surface area contributed by atoms with Crippen LogP contribution < -0.4 is 15.3 Å². The van der Waals surface area contributed by atoms with Gasteiger partial charge in [0.25, 0.3) is 5.91 Å². The summed E-state index contributed by atoms with van der Waals surface area (Å²) in [5.74, 6) is -3.52. The van der Waals surface area contributed by atoms with Crippen LogP contribution in [0.25, 0.3) is 0 Å². The molecule has 0 spiro atoms. The fourth-order valence-corrected chi connectivity index (χ4v) is 4.72. The first-order valence-electron chi connectivity index (χ1n) is 11.3. The van der Waals surface area contributed by atoms with E-state index >= 15 is 0 Å². The Morgan fingerprint density at radius 1 is 0.879 bits per heavy atom. The van der Waals surface area contributed by atoms with E-state index in [1.165, 1.54) is 12.1 Å². The lowest BCUT2D eigenvalue weighted by molar-refractivity contribution is -0.313. The van der Waals surface area contributed by atoms with Crippen molar-refractivity contribution in [2.24, 2.45) is 11.8 Å². The van der Waals surface area contributed by atoms with E-state index in [9.17, 15) is 23.9 Å². The second kappa shape index (κ2) is 10.0. The normalized spacial score (nSPS) is 20.9. The number of hydrogen-bond donors (Lipinski definition) is 1. The Bertz CT molecular complexity index is 1020. The van der Waals surface area contributed by atoms with Crippen LogP contribution in [0.5, 0.6) is 0 Å². The van der Waals surface area contributed by atoms with Gasteiger partial charge in [-0.05, 0) is 49.2 Å². The number of amides is 2. The maximum Gasteiger partial charge on any atom is 0.256 e. The largest absolute Gasteiger partial charge is 0.550 e. The number of piperazine rings is 1. The monoisotopic (exact) mass is 452 g/mol. The molecule has 1 saturated heterocycles. The predicted octanol–water partition coefficient (Wildman–Crippen LogP) is 2.28. The molecule has 2 atom stereocenters. The quantitative estimate of drug-likeness (QED) is 0.752. The van der Waals surface area contributed by atoms with Crippen LogP contribution in [-0.2, 0) is 9.59 Å². The van der Waals surface area contributed by atoms with Gasteiger partial charge in [0.1, 0.15) is 5.82 Å². The Labute approximate surface area is 192 Å². The second-order valence-corrected chi connectivity index (χ2v) is 8.61. The van der Waals surface area contributed by atoms with Crippen LogP contribution in [0.3, 0.4) is 0 Å². The average molecular weight is 453 g/mol. The molecule has 1 aliphatic carbocycles. The number of nitrogens with one attached hydrogen (secondary N) is 1. The Balaban J connectivity index is 1.43. The van der Waals surface area contributed by atoms with Gasteiger partial charge in [0.05, 0.1) is 11.3 Å². The number of carboxylic acid groups (broad SMARTS) is 1. The molecule has 0 aromatic heterocycles. The van der Waals surface area contributed by atoms with Crippen molar-refractivity contribution < 1.29 is 23.9 Å². The van der Waals surface area contributed by atoms with E-state index in [1.54, 1.807) is 41.3 Å².